The fourth-order valence-electron chi connectivity index (χ4n) is 2.08. The average Bonchev–Trinajstić information content (AvgIpc) is 2.39. The molecule has 0 saturated carbocycles. The van der Waals surface area contributed by atoms with Crippen molar-refractivity contribution in [1.82, 2.24) is 9.29 Å². The highest BCUT2D eigenvalue weighted by Crippen LogP contribution is 2.23. The highest BCUT2D eigenvalue weighted by molar-refractivity contribution is 7.89. The zero-order chi connectivity index (χ0) is 14.0. The minimum atomic E-state index is -3.74. The fourth-order valence-corrected chi connectivity index (χ4v) is 3.77. The van der Waals surface area contributed by atoms with Gasteiger partial charge in [-0.2, -0.15) is 4.31 Å². The lowest BCUT2D eigenvalue weighted by atomic mass is 10.0. The van der Waals surface area contributed by atoms with Crippen molar-refractivity contribution in [2.24, 2.45) is 11.7 Å². The molecule has 0 amide bonds. The Balaban J connectivity index is 2.27. The number of piperidine rings is 1. The summed E-state index contributed by atoms with van der Waals surface area (Å²) in [7, 11) is -3.74. The monoisotopic (exact) mass is 303 g/mol. The molecule has 1 aromatic heterocycles. The van der Waals surface area contributed by atoms with Crippen molar-refractivity contribution in [2.75, 3.05) is 13.1 Å². The summed E-state index contributed by atoms with van der Waals surface area (Å²) in [4.78, 5) is 3.74. The Morgan fingerprint density at radius 2 is 2.26 bits per heavy atom. The van der Waals surface area contributed by atoms with Crippen LogP contribution in [0.25, 0.3) is 0 Å². The van der Waals surface area contributed by atoms with E-state index in [0.717, 1.165) is 24.9 Å². The summed E-state index contributed by atoms with van der Waals surface area (Å²) < 4.78 is 39.1. The number of thiocarbonyl (C=S) groups is 1. The second-order valence-electron chi connectivity index (χ2n) is 4.44. The Morgan fingerprint density at radius 1 is 1.53 bits per heavy atom. The van der Waals surface area contributed by atoms with Gasteiger partial charge in [0.1, 0.15) is 10.7 Å². The molecule has 1 saturated heterocycles. The minimum Gasteiger partial charge on any atom is -0.393 e. The van der Waals surface area contributed by atoms with E-state index >= 15 is 0 Å². The van der Waals surface area contributed by atoms with Gasteiger partial charge in [0.05, 0.1) is 11.2 Å². The van der Waals surface area contributed by atoms with E-state index in [1.807, 2.05) is 0 Å². The number of sulfonamides is 1. The Hall–Kier alpha value is -1.12. The van der Waals surface area contributed by atoms with Crippen molar-refractivity contribution in [3.05, 3.63) is 24.3 Å². The van der Waals surface area contributed by atoms with Crippen LogP contribution in [0.5, 0.6) is 0 Å². The van der Waals surface area contributed by atoms with E-state index in [0.29, 0.717) is 18.0 Å². The van der Waals surface area contributed by atoms with Crippen LogP contribution in [-0.2, 0) is 10.0 Å². The van der Waals surface area contributed by atoms with Crippen molar-refractivity contribution in [2.45, 2.75) is 17.7 Å². The Bertz CT molecular complexity index is 591. The zero-order valence-electron chi connectivity index (χ0n) is 10.1. The molecule has 1 unspecified atom stereocenters. The predicted octanol–water partition coefficient (Wildman–Crippen LogP) is 0.907. The standard InChI is InChI=1S/C11H14FN3O2S2/c12-9-4-10(6-14-5-9)19(16,17)15-3-1-2-8(7-15)11(13)18/h4-6,8H,1-3,7H2,(H2,13,18). The molecule has 0 radical (unpaired) electrons. The summed E-state index contributed by atoms with van der Waals surface area (Å²) in [5.41, 5.74) is 5.57. The number of hydrogen-bond donors (Lipinski definition) is 1. The molecule has 1 aliphatic heterocycles. The lowest BCUT2D eigenvalue weighted by Gasteiger charge is -2.31. The molecule has 104 valence electrons. The molecular formula is C11H14FN3O2S2. The predicted molar refractivity (Wildman–Crippen MR) is 72.5 cm³/mol. The summed E-state index contributed by atoms with van der Waals surface area (Å²) in [6.07, 6.45) is 3.57. The van der Waals surface area contributed by atoms with Gasteiger partial charge in [-0.1, -0.05) is 12.2 Å². The third kappa shape index (κ3) is 3.07. The molecule has 1 aromatic rings. The number of nitrogens with zero attached hydrogens (tertiary/aromatic N) is 2. The van der Waals surface area contributed by atoms with E-state index in [2.05, 4.69) is 4.98 Å². The highest BCUT2D eigenvalue weighted by Gasteiger charge is 2.31. The van der Waals surface area contributed by atoms with Crippen LogP contribution in [0.3, 0.4) is 0 Å². The summed E-state index contributed by atoms with van der Waals surface area (Å²) in [6.45, 7) is 0.631. The first-order chi connectivity index (χ1) is 8.91. The smallest absolute Gasteiger partial charge is 0.244 e. The molecule has 5 nitrogen and oxygen atoms in total. The van der Waals surface area contributed by atoms with Crippen molar-refractivity contribution in [3.63, 3.8) is 0 Å². The summed E-state index contributed by atoms with van der Waals surface area (Å²) in [5, 5.41) is 0. The van der Waals surface area contributed by atoms with Gasteiger partial charge in [-0.25, -0.2) is 12.8 Å². The van der Waals surface area contributed by atoms with Gasteiger partial charge < -0.3 is 5.73 Å². The van der Waals surface area contributed by atoms with Crippen LogP contribution in [0.15, 0.2) is 23.4 Å². The van der Waals surface area contributed by atoms with Crippen molar-refractivity contribution in [3.8, 4) is 0 Å². The van der Waals surface area contributed by atoms with Crippen LogP contribution in [-0.4, -0.2) is 35.8 Å². The number of nitrogens with two attached hydrogens (primary N) is 1. The third-order valence-corrected chi connectivity index (χ3v) is 5.27. The number of pyridine rings is 1. The highest BCUT2D eigenvalue weighted by atomic mass is 32.2. The molecule has 0 aromatic carbocycles. The van der Waals surface area contributed by atoms with Gasteiger partial charge in [-0.3, -0.25) is 4.98 Å². The van der Waals surface area contributed by atoms with Gasteiger partial charge >= 0.3 is 0 Å². The lowest BCUT2D eigenvalue weighted by Crippen LogP contribution is -2.43. The maximum atomic E-state index is 13.1. The van der Waals surface area contributed by atoms with E-state index in [1.54, 1.807) is 0 Å². The quantitative estimate of drug-likeness (QED) is 0.840. The van der Waals surface area contributed by atoms with Gasteiger partial charge in [0.2, 0.25) is 10.0 Å². The molecule has 2 N–H and O–H groups in total. The normalized spacial score (nSPS) is 21.2. The van der Waals surface area contributed by atoms with E-state index in [9.17, 15) is 12.8 Å². The molecule has 19 heavy (non-hydrogen) atoms. The minimum absolute atomic E-state index is 0.125. The number of rotatable bonds is 3. The zero-order valence-corrected chi connectivity index (χ0v) is 11.8. The topological polar surface area (TPSA) is 76.3 Å². The van der Waals surface area contributed by atoms with Gasteiger partial charge in [-0.05, 0) is 18.9 Å². The van der Waals surface area contributed by atoms with Crippen LogP contribution in [0.2, 0.25) is 0 Å². The Morgan fingerprint density at radius 3 is 2.89 bits per heavy atom. The van der Waals surface area contributed by atoms with Crippen molar-refractivity contribution >= 4 is 27.2 Å². The van der Waals surface area contributed by atoms with Gasteiger partial charge in [-0.15, -0.1) is 0 Å². The SMILES string of the molecule is NC(=S)C1CCCN(S(=O)(=O)c2cncc(F)c2)C1. The molecule has 2 heterocycles. The molecule has 0 aliphatic carbocycles. The second-order valence-corrected chi connectivity index (χ2v) is 6.85. The van der Waals surface area contributed by atoms with Crippen molar-refractivity contribution in [1.29, 1.82) is 0 Å². The first-order valence-electron chi connectivity index (χ1n) is 5.81. The van der Waals surface area contributed by atoms with Crippen LogP contribution < -0.4 is 5.73 Å². The summed E-state index contributed by atoms with van der Waals surface area (Å²) in [5.74, 6) is -0.802. The van der Waals surface area contributed by atoms with E-state index in [1.165, 1.54) is 4.31 Å². The van der Waals surface area contributed by atoms with Crippen LogP contribution in [0.4, 0.5) is 4.39 Å². The van der Waals surface area contributed by atoms with E-state index in [-0.39, 0.29) is 17.4 Å². The third-order valence-electron chi connectivity index (χ3n) is 3.10. The largest absolute Gasteiger partial charge is 0.393 e. The summed E-state index contributed by atoms with van der Waals surface area (Å²) >= 11 is 4.91. The molecule has 1 atom stereocenters. The fraction of sp³-hybridized carbons (Fsp3) is 0.455. The first kappa shape index (κ1) is 14.3. The molecule has 2 rings (SSSR count). The van der Waals surface area contributed by atoms with Crippen molar-refractivity contribution < 1.29 is 12.8 Å². The lowest BCUT2D eigenvalue weighted by molar-refractivity contribution is 0.312. The van der Waals surface area contributed by atoms with E-state index < -0.39 is 15.8 Å². The van der Waals surface area contributed by atoms with Gasteiger partial charge in [0.15, 0.2) is 0 Å². The molecule has 0 spiro atoms. The molecule has 0 bridgehead atoms. The Kier molecular flexibility index (Phi) is 4.12. The van der Waals surface area contributed by atoms with Gasteiger partial charge in [0, 0.05) is 25.2 Å². The average molecular weight is 303 g/mol. The summed E-state index contributed by atoms with van der Waals surface area (Å²) in [6, 6.07) is 0.965. The number of hydrogen-bond acceptors (Lipinski definition) is 4. The van der Waals surface area contributed by atoms with Gasteiger partial charge in [0.25, 0.3) is 0 Å². The van der Waals surface area contributed by atoms with Crippen LogP contribution >= 0.6 is 12.2 Å². The van der Waals surface area contributed by atoms with Crippen LogP contribution in [0, 0.1) is 11.7 Å². The van der Waals surface area contributed by atoms with Crippen LogP contribution in [0.1, 0.15) is 12.8 Å². The molecule has 8 heteroatoms. The molecule has 1 aliphatic rings. The number of halogens is 1. The maximum Gasteiger partial charge on any atom is 0.244 e. The maximum absolute atomic E-state index is 13.1. The molecular weight excluding hydrogens is 289 g/mol. The second kappa shape index (κ2) is 5.48. The first-order valence-corrected chi connectivity index (χ1v) is 7.66. The Labute approximate surface area is 116 Å². The number of aromatic nitrogens is 1. The van der Waals surface area contributed by atoms with E-state index in [4.69, 9.17) is 18.0 Å². The molecule has 1 fully saturated rings.